The second kappa shape index (κ2) is 7.31. The van der Waals surface area contributed by atoms with Gasteiger partial charge in [-0.05, 0) is 56.5 Å². The molecule has 2 aromatic rings. The number of hydrogen-bond acceptors (Lipinski definition) is 4. The summed E-state index contributed by atoms with van der Waals surface area (Å²) in [4.78, 5) is 14.1. The van der Waals surface area contributed by atoms with E-state index in [1.807, 2.05) is 4.90 Å². The smallest absolute Gasteiger partial charge is 0.177 e. The molecule has 27 heavy (non-hydrogen) atoms. The van der Waals surface area contributed by atoms with Crippen molar-refractivity contribution in [3.05, 3.63) is 64.7 Å². The number of ketones is 1. The van der Waals surface area contributed by atoms with E-state index in [1.54, 1.807) is 18.2 Å². The molecule has 3 rings (SSSR count). The van der Waals surface area contributed by atoms with Gasteiger partial charge in [-0.2, -0.15) is 0 Å². The van der Waals surface area contributed by atoms with E-state index < -0.39 is 9.84 Å². The minimum Gasteiger partial charge on any atom is -0.366 e. The Morgan fingerprint density at radius 2 is 1.70 bits per heavy atom. The molecule has 0 radical (unpaired) electrons. The number of carbonyl (C=O) groups excluding carboxylic acids is 1. The highest BCUT2D eigenvalue weighted by molar-refractivity contribution is 7.90. The van der Waals surface area contributed by atoms with Crippen molar-refractivity contribution in [2.24, 2.45) is 0 Å². The Hall–Kier alpha value is -2.40. The van der Waals surface area contributed by atoms with Crippen molar-refractivity contribution in [1.82, 2.24) is 0 Å². The van der Waals surface area contributed by atoms with Gasteiger partial charge in [0.05, 0.1) is 10.6 Å². The summed E-state index contributed by atoms with van der Waals surface area (Å²) in [6.07, 6.45) is 4.20. The number of carbonyl (C=O) groups is 1. The largest absolute Gasteiger partial charge is 0.366 e. The van der Waals surface area contributed by atoms with Gasteiger partial charge < -0.3 is 4.90 Å². The SMILES string of the molecule is CC(=O)c1ccc(S(C)(=O)=O)c(N2CC=C(c3cc(C)cc(C)c3)CC2)c1. The standard InChI is InChI=1S/C22H25NO3S/c1-15-11-16(2)13-20(12-15)18-7-9-23(10-8-18)21-14-19(17(3)24)5-6-22(21)27(4,25)26/h5-7,11-14H,8-10H2,1-4H3. The highest BCUT2D eigenvalue weighted by Crippen LogP contribution is 2.31. The fourth-order valence-corrected chi connectivity index (χ4v) is 4.49. The lowest BCUT2D eigenvalue weighted by molar-refractivity contribution is 0.101. The first-order valence-electron chi connectivity index (χ1n) is 9.03. The number of anilines is 1. The molecular formula is C22H25NO3S. The quantitative estimate of drug-likeness (QED) is 0.743. The maximum Gasteiger partial charge on any atom is 0.177 e. The molecule has 0 aromatic heterocycles. The van der Waals surface area contributed by atoms with Crippen LogP contribution in [0.5, 0.6) is 0 Å². The molecule has 4 nitrogen and oxygen atoms in total. The molecule has 0 bridgehead atoms. The first kappa shape index (κ1) is 19.4. The molecule has 0 unspecified atom stereocenters. The molecule has 2 aromatic carbocycles. The lowest BCUT2D eigenvalue weighted by Crippen LogP contribution is -2.29. The van der Waals surface area contributed by atoms with Crippen LogP contribution in [-0.4, -0.2) is 33.5 Å². The molecule has 0 atom stereocenters. The number of hydrogen-bond donors (Lipinski definition) is 0. The second-order valence-electron chi connectivity index (χ2n) is 7.31. The maximum atomic E-state index is 12.2. The van der Waals surface area contributed by atoms with Gasteiger partial charge in [0.1, 0.15) is 0 Å². The summed E-state index contributed by atoms with van der Waals surface area (Å²) in [7, 11) is -3.38. The van der Waals surface area contributed by atoms with Crippen LogP contribution in [-0.2, 0) is 9.84 Å². The van der Waals surface area contributed by atoms with Crippen molar-refractivity contribution in [1.29, 1.82) is 0 Å². The topological polar surface area (TPSA) is 54.5 Å². The van der Waals surface area contributed by atoms with Gasteiger partial charge in [0.2, 0.25) is 0 Å². The van der Waals surface area contributed by atoms with Crippen molar-refractivity contribution >= 4 is 26.9 Å². The Morgan fingerprint density at radius 1 is 1.04 bits per heavy atom. The van der Waals surface area contributed by atoms with Gasteiger partial charge in [-0.15, -0.1) is 0 Å². The minimum atomic E-state index is -3.38. The summed E-state index contributed by atoms with van der Waals surface area (Å²) < 4.78 is 24.4. The van der Waals surface area contributed by atoms with E-state index in [0.717, 1.165) is 6.42 Å². The van der Waals surface area contributed by atoms with Crippen LogP contribution < -0.4 is 4.90 Å². The number of nitrogens with zero attached hydrogens (tertiary/aromatic N) is 1. The zero-order valence-electron chi connectivity index (χ0n) is 16.2. The Morgan fingerprint density at radius 3 is 2.22 bits per heavy atom. The molecule has 0 saturated carbocycles. The Kier molecular flexibility index (Phi) is 5.24. The fourth-order valence-electron chi connectivity index (χ4n) is 3.61. The average Bonchev–Trinajstić information content (AvgIpc) is 2.59. The van der Waals surface area contributed by atoms with Gasteiger partial charge in [0.25, 0.3) is 0 Å². The van der Waals surface area contributed by atoms with Gasteiger partial charge >= 0.3 is 0 Å². The summed E-state index contributed by atoms with van der Waals surface area (Å²) in [5.74, 6) is -0.0697. The summed E-state index contributed by atoms with van der Waals surface area (Å²) in [6.45, 7) is 7.01. The van der Waals surface area contributed by atoms with E-state index in [4.69, 9.17) is 0 Å². The highest BCUT2D eigenvalue weighted by atomic mass is 32.2. The van der Waals surface area contributed by atoms with Crippen LogP contribution in [0.25, 0.3) is 5.57 Å². The highest BCUT2D eigenvalue weighted by Gasteiger charge is 2.22. The fraction of sp³-hybridized carbons (Fsp3) is 0.318. The Bertz CT molecular complexity index is 1020. The average molecular weight is 384 g/mol. The van der Waals surface area contributed by atoms with E-state index in [-0.39, 0.29) is 10.7 Å². The van der Waals surface area contributed by atoms with E-state index in [0.29, 0.717) is 24.3 Å². The molecule has 0 saturated heterocycles. The molecule has 1 aliphatic heterocycles. The number of Topliss-reactive ketones (excluding diaryl/α,β-unsaturated/α-hetero) is 1. The van der Waals surface area contributed by atoms with Crippen LogP contribution in [0, 0.1) is 13.8 Å². The van der Waals surface area contributed by atoms with Gasteiger partial charge in [0, 0.05) is 24.9 Å². The zero-order valence-corrected chi connectivity index (χ0v) is 17.1. The zero-order chi connectivity index (χ0) is 19.8. The lowest BCUT2D eigenvalue weighted by atomic mass is 9.96. The van der Waals surface area contributed by atoms with Gasteiger partial charge in [-0.25, -0.2) is 8.42 Å². The van der Waals surface area contributed by atoms with Gasteiger partial charge in [-0.3, -0.25) is 4.79 Å². The van der Waals surface area contributed by atoms with E-state index in [2.05, 4.69) is 38.1 Å². The van der Waals surface area contributed by atoms with Gasteiger partial charge in [0.15, 0.2) is 15.6 Å². The molecule has 1 aliphatic rings. The molecule has 5 heteroatoms. The molecule has 0 fully saturated rings. The maximum absolute atomic E-state index is 12.2. The Labute approximate surface area is 161 Å². The van der Waals surface area contributed by atoms with Crippen LogP contribution in [0.2, 0.25) is 0 Å². The van der Waals surface area contributed by atoms with E-state index in [9.17, 15) is 13.2 Å². The van der Waals surface area contributed by atoms with Gasteiger partial charge in [-0.1, -0.05) is 35.4 Å². The molecule has 0 spiro atoms. The van der Waals surface area contributed by atoms with Crippen LogP contribution in [0.1, 0.15) is 40.4 Å². The predicted molar refractivity (Wildman–Crippen MR) is 110 cm³/mol. The van der Waals surface area contributed by atoms with E-state index >= 15 is 0 Å². The third kappa shape index (κ3) is 4.30. The summed E-state index contributed by atoms with van der Waals surface area (Å²) >= 11 is 0. The molecule has 1 heterocycles. The molecule has 0 N–H and O–H groups in total. The van der Waals surface area contributed by atoms with E-state index in [1.165, 1.54) is 35.4 Å². The molecular weight excluding hydrogens is 358 g/mol. The number of sulfone groups is 1. The first-order chi connectivity index (χ1) is 12.6. The van der Waals surface area contributed by atoms with Crippen molar-refractivity contribution < 1.29 is 13.2 Å². The minimum absolute atomic E-state index is 0.0697. The lowest BCUT2D eigenvalue weighted by Gasteiger charge is -2.30. The number of rotatable bonds is 4. The second-order valence-corrected chi connectivity index (χ2v) is 9.30. The van der Waals surface area contributed by atoms with Crippen LogP contribution in [0.3, 0.4) is 0 Å². The summed E-state index contributed by atoms with van der Waals surface area (Å²) in [6, 6.07) is 11.4. The van der Waals surface area contributed by atoms with Crippen molar-refractivity contribution in [3.63, 3.8) is 0 Å². The number of aryl methyl sites for hydroxylation is 2. The normalized spacial score (nSPS) is 14.8. The molecule has 0 amide bonds. The first-order valence-corrected chi connectivity index (χ1v) is 10.9. The predicted octanol–water partition coefficient (Wildman–Crippen LogP) is 4.20. The van der Waals surface area contributed by atoms with Crippen LogP contribution in [0.15, 0.2) is 47.4 Å². The third-order valence-corrected chi connectivity index (χ3v) is 6.05. The third-order valence-electron chi connectivity index (χ3n) is 4.91. The van der Waals surface area contributed by atoms with Crippen molar-refractivity contribution in [2.45, 2.75) is 32.1 Å². The number of benzene rings is 2. The van der Waals surface area contributed by atoms with Crippen LogP contribution >= 0.6 is 0 Å². The molecule has 0 aliphatic carbocycles. The summed E-state index contributed by atoms with van der Waals surface area (Å²) in [5, 5.41) is 0. The van der Waals surface area contributed by atoms with Crippen LogP contribution in [0.4, 0.5) is 5.69 Å². The monoisotopic (exact) mass is 383 g/mol. The van der Waals surface area contributed by atoms with Crippen molar-refractivity contribution in [2.75, 3.05) is 24.2 Å². The van der Waals surface area contributed by atoms with Crippen molar-refractivity contribution in [3.8, 4) is 0 Å². The molecule has 142 valence electrons. The Balaban J connectivity index is 1.96. The summed E-state index contributed by atoms with van der Waals surface area (Å²) in [5.41, 5.74) is 6.13.